The van der Waals surface area contributed by atoms with Gasteiger partial charge < -0.3 is 31.3 Å². The van der Waals surface area contributed by atoms with E-state index in [4.69, 9.17) is 9.84 Å². The molecule has 0 atom stereocenters. The molecule has 0 aromatic carbocycles. The molecule has 0 heterocycles. The number of hydrogen-bond acceptors (Lipinski definition) is 3. The van der Waals surface area contributed by atoms with E-state index in [9.17, 15) is 4.79 Å². The number of likely N-dealkylation sites (N-methyl/N-ethyl adjacent to an activating group) is 1. The van der Waals surface area contributed by atoms with Crippen LogP contribution in [0, 0.1) is 0 Å². The highest BCUT2D eigenvalue weighted by atomic mass is 79.9. The number of carbonyl (C=O) groups excluding carboxylic acids is 1. The summed E-state index contributed by atoms with van der Waals surface area (Å²) in [5, 5.41) is 8.97. The van der Waals surface area contributed by atoms with E-state index in [0.29, 0.717) is 6.61 Å². The molecule has 0 aliphatic heterocycles. The number of hydrogen-bond donors (Lipinski definition) is 1. The maximum Gasteiger partial charge on any atom is 0.330 e. The Bertz CT molecular complexity index is 296. The summed E-state index contributed by atoms with van der Waals surface area (Å²) in [4.78, 5) is 10.8. The fourth-order valence-electron chi connectivity index (χ4n) is 2.49. The van der Waals surface area contributed by atoms with Crippen molar-refractivity contribution in [3.63, 3.8) is 0 Å². The molecule has 0 aromatic rings. The van der Waals surface area contributed by atoms with E-state index in [1.54, 1.807) is 0 Å². The van der Waals surface area contributed by atoms with Gasteiger partial charge in [-0.2, -0.15) is 0 Å². The van der Waals surface area contributed by atoms with Crippen LogP contribution in [0.5, 0.6) is 0 Å². The highest BCUT2D eigenvalue weighted by Crippen LogP contribution is 2.11. The fourth-order valence-corrected chi connectivity index (χ4v) is 2.49. The summed E-state index contributed by atoms with van der Waals surface area (Å²) in [5.74, 6) is -0.319. The molecule has 0 fully saturated rings. The number of ether oxygens (including phenoxy) is 1. The van der Waals surface area contributed by atoms with Crippen LogP contribution >= 0.6 is 0 Å². The van der Waals surface area contributed by atoms with E-state index >= 15 is 0 Å². The Kier molecular flexibility index (Phi) is 17.8. The summed E-state index contributed by atoms with van der Waals surface area (Å²) in [5.41, 5.74) is 0. The maximum absolute atomic E-state index is 10.8. The van der Waals surface area contributed by atoms with E-state index in [1.807, 2.05) is 0 Å². The smallest absolute Gasteiger partial charge is 0.330 e. The molecule has 5 heteroatoms. The normalized spacial score (nSPS) is 10.9. The van der Waals surface area contributed by atoms with Crippen molar-refractivity contribution in [1.29, 1.82) is 0 Å². The van der Waals surface area contributed by atoms with Gasteiger partial charge in [-0.05, 0) is 19.3 Å². The molecule has 0 rings (SSSR count). The zero-order chi connectivity index (χ0) is 16.7. The standard InChI is InChI=1S/C18H36NO3.BrH/c1-4-18(21)22-17-13-11-9-7-5-6-8-10-12-14-19(2,3)15-16-20;/h4,20H,1,5-17H2,2-3H3;1H/q+1;/p-1. The van der Waals surface area contributed by atoms with Gasteiger partial charge in [0, 0.05) is 6.08 Å². The lowest BCUT2D eigenvalue weighted by atomic mass is 10.1. The first kappa shape index (κ1) is 24.9. The average Bonchev–Trinajstić information content (AvgIpc) is 2.47. The molecular formula is C18H36BrNO3. The minimum absolute atomic E-state index is 0. The summed E-state index contributed by atoms with van der Waals surface area (Å²) in [6.45, 7) is 6.17. The van der Waals surface area contributed by atoms with Crippen molar-refractivity contribution in [2.45, 2.75) is 57.8 Å². The predicted molar refractivity (Wildman–Crippen MR) is 91.6 cm³/mol. The number of carbonyl (C=O) groups is 1. The molecule has 0 radical (unpaired) electrons. The number of unbranched alkanes of at least 4 members (excludes halogenated alkanes) is 8. The summed E-state index contributed by atoms with van der Waals surface area (Å²) in [6.07, 6.45) is 12.3. The second-order valence-corrected chi connectivity index (χ2v) is 6.66. The van der Waals surface area contributed by atoms with E-state index < -0.39 is 0 Å². The molecule has 138 valence electrons. The maximum atomic E-state index is 10.8. The zero-order valence-electron chi connectivity index (χ0n) is 15.1. The van der Waals surface area contributed by atoms with E-state index in [2.05, 4.69) is 20.7 Å². The first-order valence-corrected chi connectivity index (χ1v) is 8.74. The fraction of sp³-hybridized carbons (Fsp3) is 0.833. The number of aliphatic hydroxyl groups excluding tert-OH is 1. The Morgan fingerprint density at radius 2 is 1.43 bits per heavy atom. The first-order chi connectivity index (χ1) is 10.5. The van der Waals surface area contributed by atoms with Gasteiger partial charge in [-0.1, -0.05) is 45.1 Å². The van der Waals surface area contributed by atoms with Crippen molar-refractivity contribution in [1.82, 2.24) is 0 Å². The molecule has 0 unspecified atom stereocenters. The summed E-state index contributed by atoms with van der Waals surface area (Å²) in [6, 6.07) is 0. The molecule has 23 heavy (non-hydrogen) atoms. The largest absolute Gasteiger partial charge is 1.00 e. The lowest BCUT2D eigenvalue weighted by molar-refractivity contribution is -0.890. The van der Waals surface area contributed by atoms with Gasteiger partial charge in [-0.25, -0.2) is 4.79 Å². The zero-order valence-corrected chi connectivity index (χ0v) is 16.7. The first-order valence-electron chi connectivity index (χ1n) is 8.74. The Morgan fingerprint density at radius 1 is 0.957 bits per heavy atom. The van der Waals surface area contributed by atoms with Gasteiger partial charge in [-0.15, -0.1) is 0 Å². The molecule has 1 N–H and O–H groups in total. The molecular weight excluding hydrogens is 358 g/mol. The molecule has 0 aliphatic rings. The monoisotopic (exact) mass is 393 g/mol. The quantitative estimate of drug-likeness (QED) is 0.188. The minimum atomic E-state index is -0.319. The van der Waals surface area contributed by atoms with Crippen molar-refractivity contribution in [3.8, 4) is 0 Å². The topological polar surface area (TPSA) is 46.5 Å². The summed E-state index contributed by atoms with van der Waals surface area (Å²) >= 11 is 0. The molecule has 0 saturated heterocycles. The number of nitrogens with zero attached hydrogens (tertiary/aromatic N) is 1. The SMILES string of the molecule is C=CC(=O)OCCCCCCCCCCC[N+](C)(C)CCO.[Br-]. The van der Waals surface area contributed by atoms with Crippen LogP contribution in [0.2, 0.25) is 0 Å². The van der Waals surface area contributed by atoms with E-state index in [0.717, 1.165) is 30.4 Å². The summed E-state index contributed by atoms with van der Waals surface area (Å²) in [7, 11) is 4.37. The van der Waals surface area contributed by atoms with Crippen LogP contribution in [-0.2, 0) is 9.53 Å². The molecule has 4 nitrogen and oxygen atoms in total. The van der Waals surface area contributed by atoms with E-state index in [1.165, 1.54) is 51.0 Å². The molecule has 0 aromatic heterocycles. The van der Waals surface area contributed by atoms with Gasteiger partial charge in [0.2, 0.25) is 0 Å². The highest BCUT2D eigenvalue weighted by Gasteiger charge is 2.12. The van der Waals surface area contributed by atoms with Crippen molar-refractivity contribution in [2.75, 3.05) is 40.4 Å². The minimum Gasteiger partial charge on any atom is -1.00 e. The van der Waals surface area contributed by atoms with Crippen LogP contribution in [0.4, 0.5) is 0 Å². The van der Waals surface area contributed by atoms with Crippen molar-refractivity contribution in [2.24, 2.45) is 0 Å². The van der Waals surface area contributed by atoms with Crippen LogP contribution in [0.25, 0.3) is 0 Å². The van der Waals surface area contributed by atoms with Gasteiger partial charge in [0.05, 0.1) is 33.9 Å². The third kappa shape index (κ3) is 17.8. The Morgan fingerprint density at radius 3 is 1.91 bits per heavy atom. The third-order valence-electron chi connectivity index (χ3n) is 4.02. The molecule has 0 amide bonds. The predicted octanol–water partition coefficient (Wildman–Crippen LogP) is 0.299. The van der Waals surface area contributed by atoms with Gasteiger partial charge in [0.15, 0.2) is 0 Å². The van der Waals surface area contributed by atoms with Gasteiger partial charge >= 0.3 is 5.97 Å². The van der Waals surface area contributed by atoms with Gasteiger partial charge in [0.1, 0.15) is 6.54 Å². The Labute approximate surface area is 153 Å². The number of aliphatic hydroxyl groups is 1. The highest BCUT2D eigenvalue weighted by molar-refractivity contribution is 5.81. The van der Waals surface area contributed by atoms with Crippen LogP contribution < -0.4 is 17.0 Å². The molecule has 0 aliphatic carbocycles. The average molecular weight is 394 g/mol. The van der Waals surface area contributed by atoms with E-state index in [-0.39, 0.29) is 29.6 Å². The van der Waals surface area contributed by atoms with Gasteiger partial charge in [-0.3, -0.25) is 0 Å². The molecule has 0 spiro atoms. The number of halogens is 1. The van der Waals surface area contributed by atoms with Crippen LogP contribution in [0.1, 0.15) is 57.8 Å². The number of rotatable bonds is 15. The molecule has 0 bridgehead atoms. The lowest BCUT2D eigenvalue weighted by Gasteiger charge is -2.28. The molecule has 0 saturated carbocycles. The van der Waals surface area contributed by atoms with Crippen LogP contribution in [0.3, 0.4) is 0 Å². The van der Waals surface area contributed by atoms with Crippen molar-refractivity contribution in [3.05, 3.63) is 12.7 Å². The third-order valence-corrected chi connectivity index (χ3v) is 4.02. The van der Waals surface area contributed by atoms with Crippen molar-refractivity contribution >= 4 is 5.97 Å². The van der Waals surface area contributed by atoms with Gasteiger partial charge in [0.25, 0.3) is 0 Å². The number of quaternary nitrogens is 1. The van der Waals surface area contributed by atoms with Crippen LogP contribution in [0.15, 0.2) is 12.7 Å². The number of esters is 1. The van der Waals surface area contributed by atoms with Crippen LogP contribution in [-0.4, -0.2) is 56.0 Å². The Hall–Kier alpha value is -0.390. The Balaban J connectivity index is 0. The van der Waals surface area contributed by atoms with Crippen molar-refractivity contribution < 1.29 is 36.1 Å². The lowest BCUT2D eigenvalue weighted by Crippen LogP contribution is -3.00. The summed E-state index contributed by atoms with van der Waals surface area (Å²) < 4.78 is 5.86. The second-order valence-electron chi connectivity index (χ2n) is 6.66. The second kappa shape index (κ2) is 16.5.